The van der Waals surface area contributed by atoms with Crippen molar-refractivity contribution in [2.45, 2.75) is 61.8 Å². The van der Waals surface area contributed by atoms with Gasteiger partial charge in [-0.25, -0.2) is 9.98 Å². The number of pyridine rings is 1. The maximum atomic E-state index is 13.1. The normalized spacial score (nSPS) is 29.3. The number of allylic oxidation sites excluding steroid dienone is 1. The number of rotatable bonds is 5. The number of hydrogen-bond acceptors (Lipinski definition) is 8. The molecule has 0 aromatic carbocycles. The summed E-state index contributed by atoms with van der Waals surface area (Å²) in [6, 6.07) is 1.62. The summed E-state index contributed by atoms with van der Waals surface area (Å²) in [5.41, 5.74) is 2.53. The van der Waals surface area contributed by atoms with Crippen molar-refractivity contribution < 1.29 is 14.3 Å². The van der Waals surface area contributed by atoms with Crippen LogP contribution < -0.4 is 16.0 Å². The van der Waals surface area contributed by atoms with Crippen LogP contribution in [0, 0.1) is 5.92 Å². The first-order valence-electron chi connectivity index (χ1n) is 11.9. The molecule has 10 heteroatoms. The van der Waals surface area contributed by atoms with Gasteiger partial charge >= 0.3 is 0 Å². The van der Waals surface area contributed by atoms with E-state index in [-0.39, 0.29) is 35.4 Å². The Kier molecular flexibility index (Phi) is 6.75. The number of nitrogens with one attached hydrogen (secondary N) is 3. The molecule has 184 valence electrons. The van der Waals surface area contributed by atoms with Gasteiger partial charge in [-0.15, -0.1) is 0 Å². The Labute approximate surface area is 209 Å². The minimum absolute atomic E-state index is 0.00987. The number of carbonyl (C=O) groups excluding carboxylic acids is 2. The van der Waals surface area contributed by atoms with E-state index in [2.05, 4.69) is 37.8 Å². The predicted molar refractivity (Wildman–Crippen MR) is 137 cm³/mol. The van der Waals surface area contributed by atoms with Crippen LogP contribution in [0.5, 0.6) is 0 Å². The summed E-state index contributed by atoms with van der Waals surface area (Å²) in [6.45, 7) is 2.88. The number of ether oxygens (including phenoxy) is 1. The van der Waals surface area contributed by atoms with Crippen LogP contribution in [-0.2, 0) is 20.9 Å². The van der Waals surface area contributed by atoms with Crippen molar-refractivity contribution in [1.82, 2.24) is 15.6 Å². The van der Waals surface area contributed by atoms with Crippen LogP contribution in [0.2, 0.25) is 0 Å². The lowest BCUT2D eigenvalue weighted by Crippen LogP contribution is -2.47. The summed E-state index contributed by atoms with van der Waals surface area (Å²) in [6.07, 6.45) is 12.6. The van der Waals surface area contributed by atoms with E-state index in [4.69, 9.17) is 4.74 Å². The Hall–Kier alpha value is -2.98. The Morgan fingerprint density at radius 3 is 2.97 bits per heavy atom. The Bertz CT molecular complexity index is 1140. The molecule has 1 aromatic heterocycles. The van der Waals surface area contributed by atoms with Gasteiger partial charge in [-0.1, -0.05) is 17.8 Å². The molecule has 4 aliphatic rings. The second-order valence-electron chi connectivity index (χ2n) is 9.60. The summed E-state index contributed by atoms with van der Waals surface area (Å²) >= 11 is 1.46. The first-order valence-corrected chi connectivity index (χ1v) is 12.9. The van der Waals surface area contributed by atoms with E-state index in [1.807, 2.05) is 30.5 Å². The van der Waals surface area contributed by atoms with E-state index < -0.39 is 0 Å². The largest absolute Gasteiger partial charge is 0.481 e. The minimum Gasteiger partial charge on any atom is -0.481 e. The number of nitrogens with zero attached hydrogens (tertiary/aromatic N) is 3. The van der Waals surface area contributed by atoms with E-state index >= 15 is 0 Å². The lowest BCUT2D eigenvalue weighted by atomic mass is 9.77. The molecule has 1 saturated carbocycles. The Morgan fingerprint density at radius 2 is 2.17 bits per heavy atom. The fraction of sp³-hybridized carbons (Fsp3) is 0.480. The number of amides is 2. The third-order valence-corrected chi connectivity index (χ3v) is 8.04. The van der Waals surface area contributed by atoms with Crippen LogP contribution in [0.3, 0.4) is 0 Å². The van der Waals surface area contributed by atoms with Gasteiger partial charge in [0.2, 0.25) is 17.7 Å². The molecule has 0 bridgehead atoms. The number of aliphatic imine (C=N–C) groups is 2. The van der Waals surface area contributed by atoms with Crippen LogP contribution in [0.1, 0.15) is 38.2 Å². The van der Waals surface area contributed by atoms with Gasteiger partial charge in [-0.2, -0.15) is 0 Å². The molecule has 1 fully saturated rings. The highest BCUT2D eigenvalue weighted by Crippen LogP contribution is 2.34. The standard InChI is InChI=1S/C25H30N6O3S/c1-25(28-13-15-11-19-24(27-12-15)35-14-20(32)29-19)8-5-16(6-9-25)23(33)30-18-7-10-26-17-3-4-21(34-2)31-22(17)18/h3-4,7,10-12,16-17,22,28H,5-6,8-9,13-14H2,1-2H3,(H,29,32)(H,30,33). The molecule has 0 saturated heterocycles. The average Bonchev–Trinajstić information content (AvgIpc) is 2.87. The number of anilines is 1. The first kappa shape index (κ1) is 23.7. The van der Waals surface area contributed by atoms with Crippen molar-refractivity contribution in [3.8, 4) is 0 Å². The van der Waals surface area contributed by atoms with E-state index in [0.717, 1.165) is 47.7 Å². The van der Waals surface area contributed by atoms with Crippen molar-refractivity contribution in [1.29, 1.82) is 0 Å². The maximum absolute atomic E-state index is 13.1. The Balaban J connectivity index is 1.14. The number of fused-ring (bicyclic) bond motifs is 2. The predicted octanol–water partition coefficient (Wildman–Crippen LogP) is 2.60. The van der Waals surface area contributed by atoms with Crippen molar-refractivity contribution >= 4 is 41.4 Å². The fourth-order valence-electron chi connectivity index (χ4n) is 4.86. The van der Waals surface area contributed by atoms with Crippen molar-refractivity contribution in [3.63, 3.8) is 0 Å². The molecule has 3 N–H and O–H groups in total. The van der Waals surface area contributed by atoms with Gasteiger partial charge in [-0.3, -0.25) is 14.6 Å². The van der Waals surface area contributed by atoms with E-state index in [9.17, 15) is 9.59 Å². The molecule has 2 amide bonds. The second kappa shape index (κ2) is 9.94. The van der Waals surface area contributed by atoms with Crippen LogP contribution in [0.4, 0.5) is 5.69 Å². The van der Waals surface area contributed by atoms with E-state index in [1.54, 1.807) is 13.3 Å². The zero-order chi connectivity index (χ0) is 24.4. The average molecular weight is 495 g/mol. The van der Waals surface area contributed by atoms with Gasteiger partial charge in [-0.05, 0) is 56.4 Å². The van der Waals surface area contributed by atoms with Gasteiger partial charge in [0.1, 0.15) is 11.1 Å². The number of aromatic nitrogens is 1. The molecule has 4 heterocycles. The molecule has 2 unspecified atom stereocenters. The third-order valence-electron chi connectivity index (χ3n) is 7.03. The molecule has 1 aromatic rings. The van der Waals surface area contributed by atoms with Gasteiger partial charge in [0, 0.05) is 36.1 Å². The van der Waals surface area contributed by atoms with Gasteiger partial charge in [0.25, 0.3) is 0 Å². The lowest BCUT2D eigenvalue weighted by molar-refractivity contribution is -0.125. The molecule has 5 rings (SSSR count). The quantitative estimate of drug-likeness (QED) is 0.579. The fourth-order valence-corrected chi connectivity index (χ4v) is 5.59. The van der Waals surface area contributed by atoms with Gasteiger partial charge < -0.3 is 20.7 Å². The smallest absolute Gasteiger partial charge is 0.234 e. The summed E-state index contributed by atoms with van der Waals surface area (Å²) in [5, 5.41) is 10.5. The number of dihydropyridines is 2. The zero-order valence-electron chi connectivity index (χ0n) is 19.9. The zero-order valence-corrected chi connectivity index (χ0v) is 20.7. The summed E-state index contributed by atoms with van der Waals surface area (Å²) < 4.78 is 5.26. The summed E-state index contributed by atoms with van der Waals surface area (Å²) in [4.78, 5) is 38.3. The van der Waals surface area contributed by atoms with Crippen molar-refractivity contribution in [3.05, 3.63) is 41.8 Å². The highest BCUT2D eigenvalue weighted by molar-refractivity contribution is 8.00. The monoisotopic (exact) mass is 494 g/mol. The number of methoxy groups -OCH3 is 1. The maximum Gasteiger partial charge on any atom is 0.234 e. The topological polar surface area (TPSA) is 117 Å². The van der Waals surface area contributed by atoms with Crippen molar-refractivity contribution in [2.24, 2.45) is 15.9 Å². The second-order valence-corrected chi connectivity index (χ2v) is 10.6. The van der Waals surface area contributed by atoms with E-state index in [1.165, 1.54) is 11.8 Å². The molecule has 9 nitrogen and oxygen atoms in total. The van der Waals surface area contributed by atoms with E-state index in [0.29, 0.717) is 18.2 Å². The van der Waals surface area contributed by atoms with Crippen LogP contribution in [0.15, 0.2) is 51.2 Å². The summed E-state index contributed by atoms with van der Waals surface area (Å²) in [5.74, 6) is 0.970. The molecule has 35 heavy (non-hydrogen) atoms. The highest BCUT2D eigenvalue weighted by Gasteiger charge is 2.35. The van der Waals surface area contributed by atoms with Crippen LogP contribution >= 0.6 is 11.8 Å². The molecule has 3 aliphatic heterocycles. The number of hydrogen-bond donors (Lipinski definition) is 3. The molecular formula is C25H30N6O3S. The first-order chi connectivity index (χ1) is 16.9. The molecule has 1 aliphatic carbocycles. The third kappa shape index (κ3) is 5.33. The van der Waals surface area contributed by atoms with Crippen LogP contribution in [-0.4, -0.2) is 59.4 Å². The molecule has 0 radical (unpaired) electrons. The highest BCUT2D eigenvalue weighted by atomic mass is 32.2. The SMILES string of the molecule is COC1=NC2C(NC(=O)C3CCC(C)(NCc4cnc5c(c4)NC(=O)CS5)CC3)=CC=NC2C=C1. The number of thioether (sulfide) groups is 1. The lowest BCUT2D eigenvalue weighted by Gasteiger charge is -2.38. The Morgan fingerprint density at radius 1 is 1.34 bits per heavy atom. The minimum atomic E-state index is -0.257. The molecular weight excluding hydrogens is 464 g/mol. The van der Waals surface area contributed by atoms with Crippen LogP contribution in [0.25, 0.3) is 0 Å². The molecule has 2 atom stereocenters. The summed E-state index contributed by atoms with van der Waals surface area (Å²) in [7, 11) is 1.59. The molecule has 0 spiro atoms. The van der Waals surface area contributed by atoms with Crippen molar-refractivity contribution in [2.75, 3.05) is 18.2 Å². The van der Waals surface area contributed by atoms with Gasteiger partial charge in [0.15, 0.2) is 0 Å². The number of carbonyl (C=O) groups is 2. The van der Waals surface area contributed by atoms with Gasteiger partial charge in [0.05, 0.1) is 24.6 Å².